The molecule has 0 atom stereocenters. The third-order valence-corrected chi connectivity index (χ3v) is 6.50. The molecule has 2 N–H and O–H groups in total. The van der Waals surface area contributed by atoms with Gasteiger partial charge in [-0.2, -0.15) is 11.3 Å². The zero-order valence-electron chi connectivity index (χ0n) is 11.8. The van der Waals surface area contributed by atoms with Crippen molar-refractivity contribution in [2.24, 2.45) is 0 Å². The lowest BCUT2D eigenvalue weighted by molar-refractivity contribution is 1.12. The Balaban J connectivity index is 1.88. The topological polar surface area (TPSA) is 26.0 Å². The van der Waals surface area contributed by atoms with Gasteiger partial charge in [0.05, 0.1) is 9.21 Å². The summed E-state index contributed by atoms with van der Waals surface area (Å²) >= 11 is 5.35. The highest BCUT2D eigenvalue weighted by atomic mass is 32.2. The molecule has 0 saturated heterocycles. The Morgan fingerprint density at radius 2 is 1.95 bits per heavy atom. The molecule has 2 aromatic heterocycles. The van der Waals surface area contributed by atoms with Crippen molar-refractivity contribution in [2.75, 3.05) is 5.73 Å². The van der Waals surface area contributed by atoms with Crippen LogP contribution in [-0.2, 0) is 12.2 Å². The van der Waals surface area contributed by atoms with Crippen LogP contribution >= 0.6 is 34.4 Å². The summed E-state index contributed by atoms with van der Waals surface area (Å²) in [6, 6.07) is 12.8. The van der Waals surface area contributed by atoms with Crippen molar-refractivity contribution < 1.29 is 0 Å². The first kappa shape index (κ1) is 14.7. The molecular formula is C17H17NS3. The second kappa shape index (κ2) is 6.69. The Morgan fingerprint density at radius 1 is 1.14 bits per heavy atom. The number of nitrogen functional groups attached to an aromatic ring is 1. The van der Waals surface area contributed by atoms with Gasteiger partial charge in [-0.15, -0.1) is 23.1 Å². The maximum atomic E-state index is 6.29. The third kappa shape index (κ3) is 3.18. The second-order valence-electron chi connectivity index (χ2n) is 4.75. The highest BCUT2D eigenvalue weighted by Gasteiger charge is 2.17. The van der Waals surface area contributed by atoms with Crippen LogP contribution in [0.15, 0.2) is 51.4 Å². The largest absolute Gasteiger partial charge is 0.390 e. The number of thiophene rings is 2. The van der Waals surface area contributed by atoms with Gasteiger partial charge in [-0.25, -0.2) is 0 Å². The molecule has 4 heteroatoms. The van der Waals surface area contributed by atoms with Crippen LogP contribution in [0.3, 0.4) is 0 Å². The van der Waals surface area contributed by atoms with E-state index in [4.69, 9.17) is 5.73 Å². The summed E-state index contributed by atoms with van der Waals surface area (Å²) in [5, 5.41) is 5.24. The molecular weight excluding hydrogens is 314 g/mol. The number of thioether (sulfide) groups is 1. The van der Waals surface area contributed by atoms with Crippen molar-refractivity contribution >= 4 is 39.4 Å². The fourth-order valence-electron chi connectivity index (χ4n) is 2.35. The van der Waals surface area contributed by atoms with Crippen molar-refractivity contribution in [2.45, 2.75) is 23.3 Å². The van der Waals surface area contributed by atoms with E-state index in [0.717, 1.165) is 17.2 Å². The van der Waals surface area contributed by atoms with Crippen LogP contribution in [0, 0.1) is 0 Å². The molecule has 0 fully saturated rings. The van der Waals surface area contributed by atoms with E-state index in [2.05, 4.69) is 54.1 Å². The summed E-state index contributed by atoms with van der Waals surface area (Å²) in [5.41, 5.74) is 11.6. The summed E-state index contributed by atoms with van der Waals surface area (Å²) in [6.07, 6.45) is 1.02. The van der Waals surface area contributed by atoms with E-state index in [1.165, 1.54) is 26.5 Å². The molecule has 0 aliphatic heterocycles. The number of rotatable bonds is 5. The van der Waals surface area contributed by atoms with Crippen LogP contribution in [0.25, 0.3) is 11.1 Å². The first-order valence-electron chi connectivity index (χ1n) is 6.90. The van der Waals surface area contributed by atoms with Gasteiger partial charge in [-0.05, 0) is 39.9 Å². The molecule has 108 valence electrons. The fourth-order valence-corrected chi connectivity index (χ4v) is 5.50. The first-order chi connectivity index (χ1) is 10.3. The van der Waals surface area contributed by atoms with Crippen LogP contribution in [0.4, 0.5) is 5.00 Å². The maximum Gasteiger partial charge on any atom is 0.0951 e. The quantitative estimate of drug-likeness (QED) is 0.588. The van der Waals surface area contributed by atoms with Crippen molar-refractivity contribution in [3.8, 4) is 11.1 Å². The number of benzene rings is 1. The zero-order valence-corrected chi connectivity index (χ0v) is 14.3. The smallest absolute Gasteiger partial charge is 0.0951 e. The lowest BCUT2D eigenvalue weighted by atomic mass is 10.1. The van der Waals surface area contributed by atoms with E-state index in [1.54, 1.807) is 22.7 Å². The monoisotopic (exact) mass is 331 g/mol. The van der Waals surface area contributed by atoms with Crippen LogP contribution in [0.1, 0.15) is 18.1 Å². The molecule has 2 heterocycles. The Labute approximate surface area is 137 Å². The van der Waals surface area contributed by atoms with Gasteiger partial charge in [0.25, 0.3) is 0 Å². The molecule has 1 aromatic carbocycles. The SMILES string of the molecule is CCc1c(SCc2ccccc2)sc(N)c1-c1ccsc1. The molecule has 1 nitrogen and oxygen atoms in total. The molecule has 0 saturated carbocycles. The van der Waals surface area contributed by atoms with Gasteiger partial charge in [0.15, 0.2) is 0 Å². The third-order valence-electron chi connectivity index (χ3n) is 3.37. The number of nitrogens with two attached hydrogens (primary N) is 1. The van der Waals surface area contributed by atoms with Gasteiger partial charge in [0.1, 0.15) is 0 Å². The summed E-state index contributed by atoms with van der Waals surface area (Å²) in [4.78, 5) is 0. The van der Waals surface area contributed by atoms with Crippen LogP contribution < -0.4 is 5.73 Å². The zero-order chi connectivity index (χ0) is 14.7. The molecule has 0 amide bonds. The number of anilines is 1. The van der Waals surface area contributed by atoms with Crippen molar-refractivity contribution in [1.82, 2.24) is 0 Å². The normalized spacial score (nSPS) is 10.9. The van der Waals surface area contributed by atoms with Gasteiger partial charge in [-0.1, -0.05) is 37.3 Å². The van der Waals surface area contributed by atoms with Gasteiger partial charge in [0, 0.05) is 11.3 Å². The summed E-state index contributed by atoms with van der Waals surface area (Å²) < 4.78 is 1.36. The lowest BCUT2D eigenvalue weighted by Crippen LogP contribution is -1.87. The van der Waals surface area contributed by atoms with E-state index in [0.29, 0.717) is 0 Å². The molecule has 0 bridgehead atoms. The highest BCUT2D eigenvalue weighted by molar-refractivity contribution is 8.00. The van der Waals surface area contributed by atoms with E-state index in [1.807, 2.05) is 11.8 Å². The first-order valence-corrected chi connectivity index (χ1v) is 9.64. The summed E-state index contributed by atoms with van der Waals surface area (Å²) in [6.45, 7) is 2.21. The molecule has 0 unspecified atom stereocenters. The molecule has 0 aliphatic rings. The van der Waals surface area contributed by atoms with E-state index in [-0.39, 0.29) is 0 Å². The standard InChI is InChI=1S/C17H17NS3/c1-2-14-15(13-8-9-19-11-13)16(18)21-17(14)20-10-12-6-4-3-5-7-12/h3-9,11H,2,10,18H2,1H3. The van der Waals surface area contributed by atoms with E-state index in [9.17, 15) is 0 Å². The van der Waals surface area contributed by atoms with Gasteiger partial charge in [0.2, 0.25) is 0 Å². The van der Waals surface area contributed by atoms with Crippen LogP contribution in [-0.4, -0.2) is 0 Å². The molecule has 21 heavy (non-hydrogen) atoms. The Hall–Kier alpha value is -1.23. The average molecular weight is 332 g/mol. The predicted octanol–water partition coefficient (Wildman–Crippen LogP) is 5.91. The Bertz CT molecular complexity index is 699. The highest BCUT2D eigenvalue weighted by Crippen LogP contribution is 2.45. The van der Waals surface area contributed by atoms with Gasteiger partial charge in [-0.3, -0.25) is 0 Å². The Kier molecular flexibility index (Phi) is 4.68. The number of hydrogen-bond acceptors (Lipinski definition) is 4. The summed E-state index contributed by atoms with van der Waals surface area (Å²) in [5.74, 6) is 0.997. The average Bonchev–Trinajstić information content (AvgIpc) is 3.13. The second-order valence-corrected chi connectivity index (χ2v) is 7.82. The summed E-state index contributed by atoms with van der Waals surface area (Å²) in [7, 11) is 0. The van der Waals surface area contributed by atoms with Crippen molar-refractivity contribution in [1.29, 1.82) is 0 Å². The molecule has 0 aliphatic carbocycles. The van der Waals surface area contributed by atoms with Crippen molar-refractivity contribution in [3.05, 3.63) is 58.3 Å². The molecule has 3 rings (SSSR count). The lowest BCUT2D eigenvalue weighted by Gasteiger charge is -2.04. The van der Waals surface area contributed by atoms with Crippen molar-refractivity contribution in [3.63, 3.8) is 0 Å². The van der Waals surface area contributed by atoms with E-state index < -0.39 is 0 Å². The van der Waals surface area contributed by atoms with Gasteiger partial charge >= 0.3 is 0 Å². The Morgan fingerprint density at radius 3 is 2.62 bits per heavy atom. The fraction of sp³-hybridized carbons (Fsp3) is 0.176. The maximum absolute atomic E-state index is 6.29. The van der Waals surface area contributed by atoms with Gasteiger partial charge < -0.3 is 5.73 Å². The minimum Gasteiger partial charge on any atom is -0.390 e. The minimum absolute atomic E-state index is 0.945. The molecule has 0 spiro atoms. The van der Waals surface area contributed by atoms with Crippen LogP contribution in [0.5, 0.6) is 0 Å². The minimum atomic E-state index is 0.945. The molecule has 3 aromatic rings. The predicted molar refractivity (Wildman–Crippen MR) is 97.4 cm³/mol. The number of hydrogen-bond donors (Lipinski definition) is 1. The van der Waals surface area contributed by atoms with Crippen LogP contribution in [0.2, 0.25) is 0 Å². The molecule has 0 radical (unpaired) electrons. The van der Waals surface area contributed by atoms with E-state index >= 15 is 0 Å².